The summed E-state index contributed by atoms with van der Waals surface area (Å²) < 4.78 is 0. The second kappa shape index (κ2) is 4.57. The predicted octanol–water partition coefficient (Wildman–Crippen LogP) is 3.28. The first-order valence-electron chi connectivity index (χ1n) is 6.01. The second-order valence-electron chi connectivity index (χ2n) is 4.73. The van der Waals surface area contributed by atoms with E-state index in [1.165, 1.54) is 24.1 Å². The first-order valence-corrected chi connectivity index (χ1v) is 6.01. The Balaban J connectivity index is 2.35. The zero-order chi connectivity index (χ0) is 11.5. The Morgan fingerprint density at radius 2 is 1.94 bits per heavy atom. The Kier molecular flexibility index (Phi) is 3.14. The van der Waals surface area contributed by atoms with E-state index in [-0.39, 0.29) is 0 Å². The van der Waals surface area contributed by atoms with Crippen LogP contribution >= 0.6 is 0 Å². The van der Waals surface area contributed by atoms with Crippen LogP contribution in [-0.4, -0.2) is 13.1 Å². The second-order valence-corrected chi connectivity index (χ2v) is 4.73. The summed E-state index contributed by atoms with van der Waals surface area (Å²) in [4.78, 5) is 2.41. The molecule has 0 N–H and O–H groups in total. The van der Waals surface area contributed by atoms with Gasteiger partial charge in [-0.15, -0.1) is 0 Å². The molecule has 1 heterocycles. The highest BCUT2D eigenvalue weighted by Crippen LogP contribution is 2.27. The molecule has 2 rings (SSSR count). The van der Waals surface area contributed by atoms with E-state index in [1.54, 1.807) is 0 Å². The lowest BCUT2D eigenvalue weighted by atomic mass is 9.97. The van der Waals surface area contributed by atoms with Crippen LogP contribution in [0.3, 0.4) is 0 Å². The van der Waals surface area contributed by atoms with Crippen LogP contribution in [0.5, 0.6) is 0 Å². The molecule has 16 heavy (non-hydrogen) atoms. The van der Waals surface area contributed by atoms with Gasteiger partial charge in [-0.25, -0.2) is 0 Å². The van der Waals surface area contributed by atoms with E-state index in [1.807, 2.05) is 6.07 Å². The summed E-state index contributed by atoms with van der Waals surface area (Å²) in [6, 6.07) is 8.51. The molecule has 2 nitrogen and oxygen atoms in total. The minimum absolute atomic E-state index is 0.414. The zero-order valence-corrected chi connectivity index (χ0v) is 10.0. The van der Waals surface area contributed by atoms with Crippen LogP contribution in [0.4, 0.5) is 5.69 Å². The minimum Gasteiger partial charge on any atom is -0.372 e. The lowest BCUT2D eigenvalue weighted by Gasteiger charge is -2.20. The molecule has 1 aliphatic rings. The standard InChI is InChI=1S/C14H18N2/c1-11(2)14-9-13(6-5-12(14)10-15)16-7-3-4-8-16/h5-6,9,11H,3-4,7-8H2,1-2H3. The highest BCUT2D eigenvalue weighted by Gasteiger charge is 2.14. The van der Waals surface area contributed by atoms with E-state index in [4.69, 9.17) is 5.26 Å². The lowest BCUT2D eigenvalue weighted by Crippen LogP contribution is -2.17. The molecule has 0 aliphatic carbocycles. The summed E-state index contributed by atoms with van der Waals surface area (Å²) in [6.45, 7) is 6.60. The third-order valence-electron chi connectivity index (χ3n) is 3.25. The van der Waals surface area contributed by atoms with Crippen molar-refractivity contribution in [3.8, 4) is 6.07 Å². The zero-order valence-electron chi connectivity index (χ0n) is 10.0. The van der Waals surface area contributed by atoms with E-state index in [2.05, 4.69) is 36.9 Å². The monoisotopic (exact) mass is 214 g/mol. The Hall–Kier alpha value is -1.49. The van der Waals surface area contributed by atoms with Crippen molar-refractivity contribution < 1.29 is 0 Å². The molecule has 0 bridgehead atoms. The van der Waals surface area contributed by atoms with Crippen LogP contribution in [0, 0.1) is 11.3 Å². The number of hydrogen-bond acceptors (Lipinski definition) is 2. The van der Waals surface area contributed by atoms with Gasteiger partial charge in [-0.1, -0.05) is 13.8 Å². The summed E-state index contributed by atoms with van der Waals surface area (Å²) in [5.41, 5.74) is 3.27. The maximum Gasteiger partial charge on any atom is 0.0994 e. The summed E-state index contributed by atoms with van der Waals surface area (Å²) >= 11 is 0. The molecular weight excluding hydrogens is 196 g/mol. The number of anilines is 1. The van der Waals surface area contributed by atoms with Crippen LogP contribution in [-0.2, 0) is 0 Å². The molecule has 0 atom stereocenters. The summed E-state index contributed by atoms with van der Waals surface area (Å²) in [7, 11) is 0. The SMILES string of the molecule is CC(C)c1cc(N2CCCC2)ccc1C#N. The van der Waals surface area contributed by atoms with E-state index in [0.29, 0.717) is 5.92 Å². The lowest BCUT2D eigenvalue weighted by molar-refractivity contribution is 0.858. The predicted molar refractivity (Wildman–Crippen MR) is 66.7 cm³/mol. The van der Waals surface area contributed by atoms with Crippen LogP contribution in [0.2, 0.25) is 0 Å². The van der Waals surface area contributed by atoms with E-state index in [0.717, 1.165) is 18.7 Å². The van der Waals surface area contributed by atoms with Gasteiger partial charge < -0.3 is 4.90 Å². The van der Waals surface area contributed by atoms with Crippen LogP contribution < -0.4 is 4.90 Å². The highest BCUT2D eigenvalue weighted by molar-refractivity contribution is 5.55. The number of nitriles is 1. The van der Waals surface area contributed by atoms with Crippen molar-refractivity contribution in [2.45, 2.75) is 32.6 Å². The highest BCUT2D eigenvalue weighted by atomic mass is 15.1. The first kappa shape index (κ1) is 11.0. The summed E-state index contributed by atoms with van der Waals surface area (Å²) in [5, 5.41) is 9.06. The van der Waals surface area contributed by atoms with Gasteiger partial charge in [-0.05, 0) is 42.5 Å². The van der Waals surface area contributed by atoms with Gasteiger partial charge in [0.25, 0.3) is 0 Å². The van der Waals surface area contributed by atoms with Gasteiger partial charge in [0, 0.05) is 18.8 Å². The fraction of sp³-hybridized carbons (Fsp3) is 0.500. The molecule has 0 amide bonds. The van der Waals surface area contributed by atoms with Gasteiger partial charge in [-0.3, -0.25) is 0 Å². The molecule has 0 aromatic heterocycles. The molecule has 0 radical (unpaired) electrons. The Morgan fingerprint density at radius 3 is 2.50 bits per heavy atom. The Labute approximate surface area is 97.5 Å². The van der Waals surface area contributed by atoms with Gasteiger partial charge >= 0.3 is 0 Å². The Morgan fingerprint density at radius 1 is 1.25 bits per heavy atom. The largest absolute Gasteiger partial charge is 0.372 e. The van der Waals surface area contributed by atoms with Gasteiger partial charge in [0.1, 0.15) is 0 Å². The Bertz CT molecular complexity index is 409. The average molecular weight is 214 g/mol. The average Bonchev–Trinajstić information content (AvgIpc) is 2.81. The van der Waals surface area contributed by atoms with Crippen LogP contribution in [0.15, 0.2) is 18.2 Å². The fourth-order valence-electron chi connectivity index (χ4n) is 2.30. The smallest absolute Gasteiger partial charge is 0.0994 e. The quantitative estimate of drug-likeness (QED) is 0.755. The molecule has 1 aromatic rings. The van der Waals surface area contributed by atoms with Gasteiger partial charge in [0.05, 0.1) is 11.6 Å². The summed E-state index contributed by atoms with van der Waals surface area (Å²) in [6.07, 6.45) is 2.58. The topological polar surface area (TPSA) is 27.0 Å². The number of nitrogens with zero attached hydrogens (tertiary/aromatic N) is 2. The molecule has 0 saturated carbocycles. The molecule has 1 saturated heterocycles. The van der Waals surface area contributed by atoms with Crippen molar-refractivity contribution in [2.75, 3.05) is 18.0 Å². The number of hydrogen-bond donors (Lipinski definition) is 0. The van der Waals surface area contributed by atoms with Crippen molar-refractivity contribution in [3.63, 3.8) is 0 Å². The van der Waals surface area contributed by atoms with E-state index < -0.39 is 0 Å². The number of rotatable bonds is 2. The maximum atomic E-state index is 9.06. The van der Waals surface area contributed by atoms with Crippen molar-refractivity contribution in [3.05, 3.63) is 29.3 Å². The molecule has 84 valence electrons. The minimum atomic E-state index is 0.414. The van der Waals surface area contributed by atoms with Crippen molar-refractivity contribution >= 4 is 5.69 Å². The fourth-order valence-corrected chi connectivity index (χ4v) is 2.30. The number of benzene rings is 1. The van der Waals surface area contributed by atoms with Crippen molar-refractivity contribution in [1.29, 1.82) is 5.26 Å². The first-order chi connectivity index (χ1) is 7.72. The molecule has 0 spiro atoms. The van der Waals surface area contributed by atoms with Crippen LogP contribution in [0.1, 0.15) is 43.7 Å². The van der Waals surface area contributed by atoms with Gasteiger partial charge in [-0.2, -0.15) is 5.26 Å². The molecule has 1 fully saturated rings. The van der Waals surface area contributed by atoms with E-state index >= 15 is 0 Å². The molecular formula is C14H18N2. The molecule has 1 aromatic carbocycles. The van der Waals surface area contributed by atoms with Crippen LogP contribution in [0.25, 0.3) is 0 Å². The maximum absolute atomic E-state index is 9.06. The van der Waals surface area contributed by atoms with Gasteiger partial charge in [0.15, 0.2) is 0 Å². The van der Waals surface area contributed by atoms with E-state index in [9.17, 15) is 0 Å². The normalized spacial score (nSPS) is 15.5. The van der Waals surface area contributed by atoms with Gasteiger partial charge in [0.2, 0.25) is 0 Å². The summed E-state index contributed by atoms with van der Waals surface area (Å²) in [5.74, 6) is 0.414. The van der Waals surface area contributed by atoms with Crippen molar-refractivity contribution in [2.24, 2.45) is 0 Å². The molecule has 0 unspecified atom stereocenters. The van der Waals surface area contributed by atoms with Crippen molar-refractivity contribution in [1.82, 2.24) is 0 Å². The third-order valence-corrected chi connectivity index (χ3v) is 3.25. The molecule has 1 aliphatic heterocycles. The third kappa shape index (κ3) is 2.04. The molecule has 2 heteroatoms.